The van der Waals surface area contributed by atoms with Crippen molar-refractivity contribution in [2.45, 2.75) is 36.5 Å². The van der Waals surface area contributed by atoms with E-state index in [1.807, 2.05) is 35.7 Å². The highest BCUT2D eigenvalue weighted by atomic mass is 32.2. The maximum Gasteiger partial charge on any atom is 0.247 e. The smallest absolute Gasteiger partial charge is 0.247 e. The fourth-order valence-electron chi connectivity index (χ4n) is 2.96. The Bertz CT molecular complexity index is 773. The standard InChI is InChI=1S/C18H21N3O7S/c1-26-12-4-2-11(3-5-12)8-14-9-13(6-7-29-14)27-18-17(23)21(20-25)16(22)15(28-18)10-19-24/h2-7,9,14-18,22-23H,8,10H2,1H3/t14-,15-,16+,17-,18?/m1/s1. The van der Waals surface area contributed by atoms with Gasteiger partial charge in [0.05, 0.1) is 12.4 Å². The largest absolute Gasteiger partial charge is 0.497 e. The van der Waals surface area contributed by atoms with Crippen LogP contribution in [0.5, 0.6) is 5.75 Å². The summed E-state index contributed by atoms with van der Waals surface area (Å²) < 4.78 is 16.3. The van der Waals surface area contributed by atoms with Crippen molar-refractivity contribution in [1.29, 1.82) is 0 Å². The summed E-state index contributed by atoms with van der Waals surface area (Å²) in [6.07, 6.45) is -1.44. The van der Waals surface area contributed by atoms with Gasteiger partial charge in [-0.15, -0.1) is 16.7 Å². The molecule has 156 valence electrons. The number of thioether (sulfide) groups is 1. The van der Waals surface area contributed by atoms with Crippen LogP contribution in [0, 0.1) is 9.81 Å². The number of nitroso groups, excluding NO2 is 2. The highest BCUT2D eigenvalue weighted by Gasteiger charge is 2.45. The lowest BCUT2D eigenvalue weighted by Gasteiger charge is -2.41. The van der Waals surface area contributed by atoms with Crippen LogP contribution in [0.2, 0.25) is 0 Å². The summed E-state index contributed by atoms with van der Waals surface area (Å²) in [4.78, 5) is 21.5. The minimum atomic E-state index is -1.64. The first-order valence-electron chi connectivity index (χ1n) is 8.81. The van der Waals surface area contributed by atoms with Gasteiger partial charge in [0.25, 0.3) is 0 Å². The predicted octanol–water partition coefficient (Wildman–Crippen LogP) is 1.88. The molecular formula is C18H21N3O7S. The SMILES string of the molecule is COc1ccc(C[C@@H]2C=C(OC3O[C@H](CN=O)[C@H](O)N(N=O)[C@@H]3O)C=CS2)cc1. The van der Waals surface area contributed by atoms with Crippen molar-refractivity contribution >= 4 is 11.8 Å². The molecule has 3 rings (SSSR count). The Balaban J connectivity index is 1.67. The fraction of sp³-hybridized carbons (Fsp3) is 0.444. The number of methoxy groups -OCH3 is 1. The molecule has 2 aliphatic rings. The molecule has 0 saturated carbocycles. The van der Waals surface area contributed by atoms with E-state index in [2.05, 4.69) is 10.5 Å². The van der Waals surface area contributed by atoms with Gasteiger partial charge in [0.1, 0.15) is 24.2 Å². The molecule has 2 heterocycles. The molecule has 0 radical (unpaired) electrons. The van der Waals surface area contributed by atoms with E-state index in [0.717, 1.165) is 17.7 Å². The Morgan fingerprint density at radius 1 is 1.21 bits per heavy atom. The van der Waals surface area contributed by atoms with Gasteiger partial charge < -0.3 is 24.4 Å². The van der Waals surface area contributed by atoms with Crippen LogP contribution in [-0.4, -0.2) is 59.0 Å². The molecule has 1 aromatic rings. The minimum absolute atomic E-state index is 0.0717. The van der Waals surface area contributed by atoms with Crippen LogP contribution in [0.4, 0.5) is 0 Å². The van der Waals surface area contributed by atoms with E-state index in [0.29, 0.717) is 10.8 Å². The lowest BCUT2D eigenvalue weighted by atomic mass is 10.1. The van der Waals surface area contributed by atoms with Crippen molar-refractivity contribution in [3.8, 4) is 5.75 Å². The quantitative estimate of drug-likeness (QED) is 0.602. The van der Waals surface area contributed by atoms with Gasteiger partial charge in [-0.1, -0.05) is 17.3 Å². The number of ether oxygens (including phenoxy) is 3. The van der Waals surface area contributed by atoms with Crippen LogP contribution in [-0.2, 0) is 15.9 Å². The first kappa shape index (κ1) is 21.2. The monoisotopic (exact) mass is 423 g/mol. The molecule has 2 N–H and O–H groups in total. The first-order chi connectivity index (χ1) is 14.0. The van der Waals surface area contributed by atoms with Crippen molar-refractivity contribution in [3.63, 3.8) is 0 Å². The predicted molar refractivity (Wildman–Crippen MR) is 105 cm³/mol. The summed E-state index contributed by atoms with van der Waals surface area (Å²) >= 11 is 1.60. The third-order valence-electron chi connectivity index (χ3n) is 4.46. The number of morpholine rings is 1. The average molecular weight is 423 g/mol. The molecule has 5 atom stereocenters. The molecule has 1 aromatic carbocycles. The summed E-state index contributed by atoms with van der Waals surface area (Å²) in [5.41, 5.74) is 1.11. The van der Waals surface area contributed by atoms with Gasteiger partial charge in [-0.25, -0.2) is 0 Å². The Labute approximate surface area is 171 Å². The number of aliphatic hydroxyl groups excluding tert-OH is 2. The maximum atomic E-state index is 11.0. The molecule has 1 fully saturated rings. The zero-order chi connectivity index (χ0) is 20.8. The third-order valence-corrected chi connectivity index (χ3v) is 5.41. The Morgan fingerprint density at radius 2 is 1.97 bits per heavy atom. The van der Waals surface area contributed by atoms with Crippen LogP contribution in [0.25, 0.3) is 0 Å². The second kappa shape index (κ2) is 9.83. The van der Waals surface area contributed by atoms with E-state index in [4.69, 9.17) is 14.2 Å². The van der Waals surface area contributed by atoms with Gasteiger partial charge in [-0.2, -0.15) is 9.92 Å². The molecule has 0 amide bonds. The van der Waals surface area contributed by atoms with Crippen molar-refractivity contribution in [1.82, 2.24) is 5.01 Å². The second-order valence-corrected chi connectivity index (χ2v) is 7.51. The molecule has 0 bridgehead atoms. The number of hydrogen-bond acceptors (Lipinski definition) is 10. The normalized spacial score (nSPS) is 29.1. The van der Waals surface area contributed by atoms with Crippen molar-refractivity contribution in [3.05, 3.63) is 63.0 Å². The summed E-state index contributed by atoms with van der Waals surface area (Å²) in [5.74, 6) is 1.20. The van der Waals surface area contributed by atoms with Gasteiger partial charge in [0.2, 0.25) is 12.5 Å². The number of nitrogens with zero attached hydrogens (tertiary/aromatic N) is 3. The molecular weight excluding hydrogens is 402 g/mol. The molecule has 2 aliphatic heterocycles. The van der Waals surface area contributed by atoms with Gasteiger partial charge >= 0.3 is 0 Å². The molecule has 11 heteroatoms. The van der Waals surface area contributed by atoms with Crippen molar-refractivity contribution in [2.24, 2.45) is 10.5 Å². The van der Waals surface area contributed by atoms with Crippen LogP contribution in [0.1, 0.15) is 5.56 Å². The van der Waals surface area contributed by atoms with Gasteiger partial charge in [0, 0.05) is 5.25 Å². The summed E-state index contributed by atoms with van der Waals surface area (Å²) in [5, 5.41) is 27.8. The zero-order valence-corrected chi connectivity index (χ0v) is 16.3. The van der Waals surface area contributed by atoms with Crippen LogP contribution >= 0.6 is 11.8 Å². The fourth-order valence-corrected chi connectivity index (χ4v) is 3.88. The van der Waals surface area contributed by atoms with Crippen LogP contribution in [0.3, 0.4) is 0 Å². The van der Waals surface area contributed by atoms with Crippen molar-refractivity contribution < 1.29 is 24.4 Å². The van der Waals surface area contributed by atoms with Gasteiger partial charge in [-0.3, -0.25) is 0 Å². The summed E-state index contributed by atoms with van der Waals surface area (Å²) in [7, 11) is 1.61. The first-order valence-corrected chi connectivity index (χ1v) is 9.75. The molecule has 10 nitrogen and oxygen atoms in total. The number of benzene rings is 1. The number of aliphatic hydroxyl groups is 2. The molecule has 0 aliphatic carbocycles. The van der Waals surface area contributed by atoms with Crippen LogP contribution in [0.15, 0.2) is 58.0 Å². The maximum absolute atomic E-state index is 11.0. The molecule has 0 aromatic heterocycles. The summed E-state index contributed by atoms with van der Waals surface area (Å²) in [6.45, 7) is -0.426. The third kappa shape index (κ3) is 5.12. The van der Waals surface area contributed by atoms with E-state index in [9.17, 15) is 20.0 Å². The second-order valence-electron chi connectivity index (χ2n) is 6.36. The Kier molecular flexibility index (Phi) is 7.20. The van der Waals surface area contributed by atoms with Crippen LogP contribution < -0.4 is 4.74 Å². The van der Waals surface area contributed by atoms with E-state index in [1.165, 1.54) is 0 Å². The number of rotatable bonds is 8. The molecule has 1 saturated heterocycles. The van der Waals surface area contributed by atoms with E-state index in [1.54, 1.807) is 24.9 Å². The molecule has 1 unspecified atom stereocenters. The lowest BCUT2D eigenvalue weighted by molar-refractivity contribution is -0.318. The Morgan fingerprint density at radius 3 is 2.62 bits per heavy atom. The lowest BCUT2D eigenvalue weighted by Crippen LogP contribution is -2.60. The highest BCUT2D eigenvalue weighted by molar-refractivity contribution is 8.02. The van der Waals surface area contributed by atoms with Gasteiger partial charge in [-0.05, 0) is 41.7 Å². The van der Waals surface area contributed by atoms with E-state index in [-0.39, 0.29) is 5.25 Å². The molecule has 0 spiro atoms. The topological polar surface area (TPSA) is 130 Å². The highest BCUT2D eigenvalue weighted by Crippen LogP contribution is 2.30. The van der Waals surface area contributed by atoms with Gasteiger partial charge in [0.15, 0.2) is 6.23 Å². The summed E-state index contributed by atoms with van der Waals surface area (Å²) in [6, 6.07) is 7.73. The van der Waals surface area contributed by atoms with E-state index >= 15 is 0 Å². The average Bonchev–Trinajstić information content (AvgIpc) is 2.73. The molecule has 29 heavy (non-hydrogen) atoms. The zero-order valence-electron chi connectivity index (χ0n) is 15.5. The number of allylic oxidation sites excluding steroid dienone is 1. The number of hydrogen-bond donors (Lipinski definition) is 2. The van der Waals surface area contributed by atoms with Crippen molar-refractivity contribution in [2.75, 3.05) is 13.7 Å². The van der Waals surface area contributed by atoms with E-state index < -0.39 is 31.4 Å². The minimum Gasteiger partial charge on any atom is -0.497 e. The Hall–Kier alpha value is -2.47.